The van der Waals surface area contributed by atoms with Gasteiger partial charge in [-0.05, 0) is 67.6 Å². The second kappa shape index (κ2) is 13.3. The fourth-order valence-electron chi connectivity index (χ4n) is 5.04. The van der Waals surface area contributed by atoms with Gasteiger partial charge in [0.2, 0.25) is 0 Å². The van der Waals surface area contributed by atoms with Crippen molar-refractivity contribution in [3.05, 3.63) is 70.8 Å². The second-order valence-electron chi connectivity index (χ2n) is 10.6. The van der Waals surface area contributed by atoms with Crippen molar-refractivity contribution in [1.82, 2.24) is 14.5 Å². The van der Waals surface area contributed by atoms with Crippen LogP contribution in [-0.4, -0.2) is 71.8 Å². The molecule has 2 aromatic carbocycles. The number of hydrogen-bond acceptors (Lipinski definition) is 7. The number of aromatic nitrogens is 2. The summed E-state index contributed by atoms with van der Waals surface area (Å²) in [7, 11) is 1.66. The summed E-state index contributed by atoms with van der Waals surface area (Å²) in [5, 5.41) is 11.4. The van der Waals surface area contributed by atoms with Crippen LogP contribution in [0.5, 0.6) is 17.2 Å². The molecule has 0 spiro atoms. The fraction of sp³-hybridized carbons (Fsp3) is 0.516. The van der Waals surface area contributed by atoms with Crippen molar-refractivity contribution in [3.63, 3.8) is 0 Å². The smallest absolute Gasteiger partial charge is 0.161 e. The minimum absolute atomic E-state index is 0.169. The third-order valence-corrected chi connectivity index (χ3v) is 7.25. The minimum Gasteiger partial charge on any atom is -0.493 e. The van der Waals surface area contributed by atoms with Gasteiger partial charge < -0.3 is 28.6 Å². The molecule has 0 bridgehead atoms. The van der Waals surface area contributed by atoms with Gasteiger partial charge in [-0.2, -0.15) is 0 Å². The Balaban J connectivity index is 1.33. The van der Waals surface area contributed by atoms with Crippen LogP contribution in [-0.2, 0) is 24.2 Å². The van der Waals surface area contributed by atoms with E-state index in [2.05, 4.69) is 47.4 Å². The summed E-state index contributed by atoms with van der Waals surface area (Å²) in [6.07, 6.45) is 5.66. The predicted molar refractivity (Wildman–Crippen MR) is 152 cm³/mol. The predicted octanol–water partition coefficient (Wildman–Crippen LogP) is 4.49. The summed E-state index contributed by atoms with van der Waals surface area (Å²) in [5.41, 5.74) is 3.39. The maximum Gasteiger partial charge on any atom is 0.161 e. The average Bonchev–Trinajstić information content (AvgIpc) is 3.30. The van der Waals surface area contributed by atoms with Gasteiger partial charge in [0.25, 0.3) is 0 Å². The van der Waals surface area contributed by atoms with E-state index in [0.717, 1.165) is 59.9 Å². The number of methoxy groups -OCH3 is 1. The van der Waals surface area contributed by atoms with E-state index in [1.54, 1.807) is 7.11 Å². The van der Waals surface area contributed by atoms with Crippen molar-refractivity contribution >= 4 is 0 Å². The molecule has 0 unspecified atom stereocenters. The summed E-state index contributed by atoms with van der Waals surface area (Å²) in [4.78, 5) is 6.58. The average molecular weight is 538 g/mol. The SMILES string of the molecule is CCc1nccn1CCCOc1ccc(CN2CCOC[C@@](O)(COc3cc(C)cc(C)c3C)C2)cc1OC. The van der Waals surface area contributed by atoms with Gasteiger partial charge in [-0.25, -0.2) is 4.98 Å². The van der Waals surface area contributed by atoms with E-state index in [4.69, 9.17) is 18.9 Å². The van der Waals surface area contributed by atoms with Gasteiger partial charge in [0.1, 0.15) is 23.8 Å². The normalized spacial score (nSPS) is 18.1. The molecule has 1 fully saturated rings. The Hall–Kier alpha value is -3.07. The highest BCUT2D eigenvalue weighted by atomic mass is 16.5. The number of imidazole rings is 1. The van der Waals surface area contributed by atoms with E-state index < -0.39 is 5.60 Å². The van der Waals surface area contributed by atoms with Crippen molar-refractivity contribution < 1.29 is 24.1 Å². The number of β-amino-alcohol motifs (C(OH)–C–C–N with tert-alkyl or cyclic N) is 1. The standard InChI is InChI=1S/C31H43N3O5/c1-6-30-32-10-12-34(30)11-7-14-38-27-9-8-26(18-29(27)36-5)19-33-13-15-37-21-31(35,20-33)22-39-28-17-23(2)16-24(3)25(28)4/h8-10,12,16-18,35H,6-7,11,13-15,19-22H2,1-5H3/t31-/m1/s1. The molecule has 4 rings (SSSR count). The van der Waals surface area contributed by atoms with E-state index in [-0.39, 0.29) is 13.2 Å². The summed E-state index contributed by atoms with van der Waals surface area (Å²) in [6, 6.07) is 10.2. The molecule has 1 atom stereocenters. The molecule has 2 heterocycles. The van der Waals surface area contributed by atoms with Crippen LogP contribution in [0.1, 0.15) is 41.4 Å². The molecule has 0 saturated carbocycles. The molecule has 8 heteroatoms. The molecule has 39 heavy (non-hydrogen) atoms. The Labute approximate surface area is 232 Å². The molecule has 1 aliphatic heterocycles. The lowest BCUT2D eigenvalue weighted by Gasteiger charge is -2.31. The highest BCUT2D eigenvalue weighted by Gasteiger charge is 2.34. The second-order valence-corrected chi connectivity index (χ2v) is 10.6. The number of aliphatic hydroxyl groups is 1. The van der Waals surface area contributed by atoms with Gasteiger partial charge in [-0.1, -0.05) is 19.1 Å². The third kappa shape index (κ3) is 7.75. The Morgan fingerprint density at radius 2 is 1.92 bits per heavy atom. The van der Waals surface area contributed by atoms with Crippen molar-refractivity contribution in [3.8, 4) is 17.2 Å². The summed E-state index contributed by atoms with van der Waals surface area (Å²) in [6.45, 7) is 12.5. The van der Waals surface area contributed by atoms with Crippen LogP contribution in [0, 0.1) is 20.8 Å². The molecule has 212 valence electrons. The Morgan fingerprint density at radius 3 is 2.72 bits per heavy atom. The van der Waals surface area contributed by atoms with Crippen LogP contribution in [0.25, 0.3) is 0 Å². The van der Waals surface area contributed by atoms with Crippen LogP contribution < -0.4 is 14.2 Å². The van der Waals surface area contributed by atoms with Gasteiger partial charge in [0.15, 0.2) is 11.5 Å². The third-order valence-electron chi connectivity index (χ3n) is 7.25. The Morgan fingerprint density at radius 1 is 1.08 bits per heavy atom. The first-order valence-electron chi connectivity index (χ1n) is 13.8. The fourth-order valence-corrected chi connectivity index (χ4v) is 5.04. The maximum absolute atomic E-state index is 11.4. The summed E-state index contributed by atoms with van der Waals surface area (Å²) in [5.74, 6) is 3.34. The zero-order valence-corrected chi connectivity index (χ0v) is 24.0. The van der Waals surface area contributed by atoms with Crippen LogP contribution in [0.3, 0.4) is 0 Å². The van der Waals surface area contributed by atoms with Gasteiger partial charge in [0, 0.05) is 45.0 Å². The first-order chi connectivity index (χ1) is 18.8. The van der Waals surface area contributed by atoms with Crippen LogP contribution in [0.15, 0.2) is 42.7 Å². The monoisotopic (exact) mass is 537 g/mol. The van der Waals surface area contributed by atoms with E-state index >= 15 is 0 Å². The topological polar surface area (TPSA) is 78.2 Å². The highest BCUT2D eigenvalue weighted by Crippen LogP contribution is 2.30. The molecular weight excluding hydrogens is 494 g/mol. The largest absolute Gasteiger partial charge is 0.493 e. The van der Waals surface area contributed by atoms with Gasteiger partial charge >= 0.3 is 0 Å². The minimum atomic E-state index is -1.11. The number of hydrogen-bond donors (Lipinski definition) is 1. The number of nitrogens with zero attached hydrogens (tertiary/aromatic N) is 3. The molecule has 0 radical (unpaired) electrons. The number of rotatable bonds is 12. The molecule has 0 amide bonds. The number of benzene rings is 2. The lowest BCUT2D eigenvalue weighted by Crippen LogP contribution is -2.48. The van der Waals surface area contributed by atoms with Gasteiger partial charge in [-0.3, -0.25) is 4.90 Å². The molecule has 1 N–H and O–H groups in total. The molecule has 0 aliphatic carbocycles. The Bertz CT molecular complexity index is 1230. The van der Waals surface area contributed by atoms with Crippen molar-refractivity contribution in [2.75, 3.05) is 46.6 Å². The molecule has 3 aromatic rings. The van der Waals surface area contributed by atoms with E-state index in [9.17, 15) is 5.11 Å². The Kier molecular flexibility index (Phi) is 9.88. The van der Waals surface area contributed by atoms with Crippen LogP contribution in [0.4, 0.5) is 0 Å². The van der Waals surface area contributed by atoms with Crippen LogP contribution >= 0.6 is 0 Å². The molecular formula is C31H43N3O5. The van der Waals surface area contributed by atoms with Crippen LogP contribution in [0.2, 0.25) is 0 Å². The van der Waals surface area contributed by atoms with Crippen molar-refractivity contribution in [2.45, 2.75) is 59.2 Å². The maximum atomic E-state index is 11.4. The van der Waals surface area contributed by atoms with E-state index in [0.29, 0.717) is 32.1 Å². The van der Waals surface area contributed by atoms with E-state index in [1.165, 1.54) is 5.56 Å². The first-order valence-corrected chi connectivity index (χ1v) is 13.8. The van der Waals surface area contributed by atoms with Crippen molar-refractivity contribution in [1.29, 1.82) is 0 Å². The first kappa shape index (κ1) is 28.9. The molecule has 1 aliphatic rings. The lowest BCUT2D eigenvalue weighted by molar-refractivity contribution is -0.0648. The van der Waals surface area contributed by atoms with Crippen molar-refractivity contribution in [2.24, 2.45) is 0 Å². The highest BCUT2D eigenvalue weighted by molar-refractivity contribution is 5.43. The zero-order chi connectivity index (χ0) is 27.8. The zero-order valence-electron chi connectivity index (χ0n) is 24.0. The number of ether oxygens (including phenoxy) is 4. The quantitative estimate of drug-likeness (QED) is 0.341. The van der Waals surface area contributed by atoms with Gasteiger partial charge in [-0.15, -0.1) is 0 Å². The molecule has 8 nitrogen and oxygen atoms in total. The van der Waals surface area contributed by atoms with E-state index in [1.807, 2.05) is 37.5 Å². The summed E-state index contributed by atoms with van der Waals surface area (Å²) >= 11 is 0. The molecule has 1 aromatic heterocycles. The lowest BCUT2D eigenvalue weighted by atomic mass is 10.0. The van der Waals surface area contributed by atoms with Gasteiger partial charge in [0.05, 0.1) is 26.9 Å². The molecule has 1 saturated heterocycles. The summed E-state index contributed by atoms with van der Waals surface area (Å²) < 4.78 is 25.8. The number of aryl methyl sites for hydroxylation is 4.